The predicted octanol–water partition coefficient (Wildman–Crippen LogP) is 5.20. The fourth-order valence-corrected chi connectivity index (χ4v) is 2.66. The Balaban J connectivity index is 2.28. The Labute approximate surface area is 123 Å². The lowest BCUT2D eigenvalue weighted by molar-refractivity contribution is 0.417. The van der Waals surface area contributed by atoms with E-state index in [1.165, 1.54) is 5.57 Å². The highest BCUT2D eigenvalue weighted by atomic mass is 79.9. The maximum atomic E-state index is 6.01. The summed E-state index contributed by atoms with van der Waals surface area (Å²) in [4.78, 5) is 0. The van der Waals surface area contributed by atoms with Crippen LogP contribution in [0.15, 0.2) is 45.3 Å². The van der Waals surface area contributed by atoms with Crippen molar-refractivity contribution >= 4 is 26.9 Å². The molecule has 2 rings (SSSR count). The molecule has 1 unspecified atom stereocenters. The van der Waals surface area contributed by atoms with Crippen LogP contribution >= 0.6 is 15.9 Å². The van der Waals surface area contributed by atoms with E-state index in [9.17, 15) is 0 Å². The third-order valence-electron chi connectivity index (χ3n) is 3.17. The second-order valence-electron chi connectivity index (χ2n) is 4.91. The van der Waals surface area contributed by atoms with Crippen LogP contribution in [0.25, 0.3) is 11.0 Å². The average molecular weight is 322 g/mol. The Morgan fingerprint density at radius 3 is 2.89 bits per heavy atom. The zero-order valence-electron chi connectivity index (χ0n) is 11.5. The number of hydrogen-bond donors (Lipinski definition) is 1. The van der Waals surface area contributed by atoms with Gasteiger partial charge in [-0.05, 0) is 54.4 Å². The van der Waals surface area contributed by atoms with Crippen molar-refractivity contribution in [3.8, 4) is 0 Å². The van der Waals surface area contributed by atoms with Crippen molar-refractivity contribution in [1.29, 1.82) is 0 Å². The molecule has 19 heavy (non-hydrogen) atoms. The van der Waals surface area contributed by atoms with E-state index in [0.29, 0.717) is 0 Å². The standard InChI is InChI=1S/C16H20BrNO/c1-4-18-14(9-8-11(2)3)15-10-12-6-5-7-13(17)16(12)19-15/h5-7,10,14,18H,2,4,8-9H2,1,3H3. The van der Waals surface area contributed by atoms with Crippen LogP contribution in [0.1, 0.15) is 38.5 Å². The van der Waals surface area contributed by atoms with Crippen LogP contribution in [0.2, 0.25) is 0 Å². The first-order valence-electron chi connectivity index (χ1n) is 6.67. The summed E-state index contributed by atoms with van der Waals surface area (Å²) in [6.45, 7) is 9.09. The molecule has 2 nitrogen and oxygen atoms in total. The molecular weight excluding hydrogens is 302 g/mol. The Kier molecular flexibility index (Phi) is 4.83. The summed E-state index contributed by atoms with van der Waals surface area (Å²) in [6, 6.07) is 8.50. The molecule has 3 heteroatoms. The third kappa shape index (κ3) is 3.48. The Hall–Kier alpha value is -1.06. The number of para-hydroxylation sites is 1. The number of hydrogen-bond acceptors (Lipinski definition) is 2. The van der Waals surface area contributed by atoms with E-state index in [-0.39, 0.29) is 6.04 Å². The zero-order chi connectivity index (χ0) is 13.8. The van der Waals surface area contributed by atoms with Crippen LogP contribution in [-0.4, -0.2) is 6.54 Å². The smallest absolute Gasteiger partial charge is 0.148 e. The lowest BCUT2D eigenvalue weighted by Crippen LogP contribution is -2.20. The predicted molar refractivity (Wildman–Crippen MR) is 84.4 cm³/mol. The van der Waals surface area contributed by atoms with Gasteiger partial charge in [-0.1, -0.05) is 24.6 Å². The van der Waals surface area contributed by atoms with E-state index in [1.54, 1.807) is 0 Å². The van der Waals surface area contributed by atoms with Gasteiger partial charge in [0.25, 0.3) is 0 Å². The van der Waals surface area contributed by atoms with E-state index >= 15 is 0 Å². The largest absolute Gasteiger partial charge is 0.458 e. The molecule has 0 aliphatic carbocycles. The molecule has 1 aromatic heterocycles. The molecule has 0 bridgehead atoms. The molecule has 1 atom stereocenters. The molecule has 1 heterocycles. The van der Waals surface area contributed by atoms with Crippen molar-refractivity contribution in [2.75, 3.05) is 6.54 Å². The quantitative estimate of drug-likeness (QED) is 0.739. The first kappa shape index (κ1) is 14.4. The molecule has 102 valence electrons. The number of halogens is 1. The molecule has 0 saturated heterocycles. The minimum atomic E-state index is 0.251. The van der Waals surface area contributed by atoms with Crippen molar-refractivity contribution in [3.05, 3.63) is 46.7 Å². The van der Waals surface area contributed by atoms with E-state index in [4.69, 9.17) is 4.42 Å². The molecular formula is C16H20BrNO. The Morgan fingerprint density at radius 2 is 2.26 bits per heavy atom. The molecule has 2 aromatic rings. The van der Waals surface area contributed by atoms with Gasteiger partial charge in [0.05, 0.1) is 10.5 Å². The molecule has 0 fully saturated rings. The first-order chi connectivity index (χ1) is 9.11. The maximum absolute atomic E-state index is 6.01. The van der Waals surface area contributed by atoms with Crippen LogP contribution in [-0.2, 0) is 0 Å². The third-order valence-corrected chi connectivity index (χ3v) is 3.79. The van der Waals surface area contributed by atoms with Crippen molar-refractivity contribution in [3.63, 3.8) is 0 Å². The minimum Gasteiger partial charge on any atom is -0.458 e. The van der Waals surface area contributed by atoms with Crippen LogP contribution in [0.3, 0.4) is 0 Å². The van der Waals surface area contributed by atoms with Crippen LogP contribution < -0.4 is 5.32 Å². The van der Waals surface area contributed by atoms with Gasteiger partial charge in [-0.25, -0.2) is 0 Å². The highest BCUT2D eigenvalue weighted by molar-refractivity contribution is 9.10. The molecule has 0 aliphatic heterocycles. The van der Waals surface area contributed by atoms with Crippen molar-refractivity contribution < 1.29 is 4.42 Å². The van der Waals surface area contributed by atoms with Crippen LogP contribution in [0, 0.1) is 0 Å². The fraction of sp³-hybridized carbons (Fsp3) is 0.375. The zero-order valence-corrected chi connectivity index (χ0v) is 13.1. The maximum Gasteiger partial charge on any atom is 0.148 e. The van der Waals surface area contributed by atoms with E-state index in [2.05, 4.69) is 53.8 Å². The topological polar surface area (TPSA) is 25.2 Å². The summed E-state index contributed by atoms with van der Waals surface area (Å²) in [7, 11) is 0. The van der Waals surface area contributed by atoms with Gasteiger partial charge in [-0.3, -0.25) is 0 Å². The van der Waals surface area contributed by atoms with Gasteiger partial charge in [0.1, 0.15) is 11.3 Å². The van der Waals surface area contributed by atoms with E-state index in [0.717, 1.165) is 40.6 Å². The number of rotatable bonds is 6. The lowest BCUT2D eigenvalue weighted by Gasteiger charge is -2.15. The molecule has 0 radical (unpaired) electrons. The van der Waals surface area contributed by atoms with Crippen molar-refractivity contribution in [2.24, 2.45) is 0 Å². The Bertz CT molecular complexity index is 573. The van der Waals surface area contributed by atoms with E-state index < -0.39 is 0 Å². The molecule has 0 spiro atoms. The molecule has 0 aliphatic rings. The molecule has 0 saturated carbocycles. The minimum absolute atomic E-state index is 0.251. The van der Waals surface area contributed by atoms with Crippen molar-refractivity contribution in [2.45, 2.75) is 32.7 Å². The molecule has 0 amide bonds. The summed E-state index contributed by atoms with van der Waals surface area (Å²) in [6.07, 6.45) is 2.02. The molecule has 1 aromatic carbocycles. The van der Waals surface area contributed by atoms with Crippen molar-refractivity contribution in [1.82, 2.24) is 5.32 Å². The SMILES string of the molecule is C=C(C)CCC(NCC)c1cc2cccc(Br)c2o1. The highest BCUT2D eigenvalue weighted by Gasteiger charge is 2.16. The van der Waals surface area contributed by atoms with Gasteiger partial charge >= 0.3 is 0 Å². The Morgan fingerprint density at radius 1 is 1.47 bits per heavy atom. The summed E-state index contributed by atoms with van der Waals surface area (Å²) >= 11 is 3.53. The van der Waals surface area contributed by atoms with Gasteiger partial charge < -0.3 is 9.73 Å². The second kappa shape index (κ2) is 6.40. The lowest BCUT2D eigenvalue weighted by atomic mass is 10.1. The normalized spacial score (nSPS) is 12.8. The number of furan rings is 1. The van der Waals surface area contributed by atoms with Gasteiger partial charge in [0.15, 0.2) is 0 Å². The molecule has 1 N–H and O–H groups in total. The fourth-order valence-electron chi connectivity index (χ4n) is 2.20. The number of allylic oxidation sites excluding steroid dienone is 1. The highest BCUT2D eigenvalue weighted by Crippen LogP contribution is 2.31. The van der Waals surface area contributed by atoms with E-state index in [1.807, 2.05) is 12.1 Å². The number of benzene rings is 1. The van der Waals surface area contributed by atoms with Crippen LogP contribution in [0.4, 0.5) is 0 Å². The average Bonchev–Trinajstić information content (AvgIpc) is 2.79. The first-order valence-corrected chi connectivity index (χ1v) is 7.46. The van der Waals surface area contributed by atoms with Gasteiger partial charge in [-0.15, -0.1) is 6.58 Å². The summed E-state index contributed by atoms with van der Waals surface area (Å²) in [5, 5.41) is 4.63. The second-order valence-corrected chi connectivity index (χ2v) is 5.77. The summed E-state index contributed by atoms with van der Waals surface area (Å²) in [5.41, 5.74) is 2.14. The monoisotopic (exact) mass is 321 g/mol. The number of fused-ring (bicyclic) bond motifs is 1. The number of nitrogens with one attached hydrogen (secondary N) is 1. The summed E-state index contributed by atoms with van der Waals surface area (Å²) in [5.74, 6) is 1.00. The van der Waals surface area contributed by atoms with Gasteiger partial charge in [-0.2, -0.15) is 0 Å². The van der Waals surface area contributed by atoms with Crippen LogP contribution in [0.5, 0.6) is 0 Å². The van der Waals surface area contributed by atoms with Gasteiger partial charge in [0.2, 0.25) is 0 Å². The van der Waals surface area contributed by atoms with Gasteiger partial charge in [0, 0.05) is 5.39 Å². The summed E-state index contributed by atoms with van der Waals surface area (Å²) < 4.78 is 7.01.